The van der Waals surface area contributed by atoms with Gasteiger partial charge in [-0.05, 0) is 17.7 Å². The molecule has 0 saturated carbocycles. The minimum Gasteiger partial charge on any atom is -0.460 e. The minimum absolute atomic E-state index is 0.214. The molecule has 2 heterocycles. The molecule has 134 valence electrons. The summed E-state index contributed by atoms with van der Waals surface area (Å²) < 4.78 is 7.03. The van der Waals surface area contributed by atoms with Crippen LogP contribution in [0.5, 0.6) is 0 Å². The van der Waals surface area contributed by atoms with E-state index in [9.17, 15) is 4.79 Å². The Hall–Kier alpha value is -3.12. The SMILES string of the molecule is O=C(CSc1ccc2nc(-c3ccccc3)cn2n1)OCc1ccccc1. The maximum absolute atomic E-state index is 12.0. The molecule has 0 aliphatic heterocycles. The first-order valence-electron chi connectivity index (χ1n) is 8.52. The van der Waals surface area contributed by atoms with Gasteiger partial charge in [-0.15, -0.1) is 0 Å². The molecule has 5 nitrogen and oxygen atoms in total. The van der Waals surface area contributed by atoms with Crippen LogP contribution in [0, 0.1) is 0 Å². The molecule has 0 atom stereocenters. The average Bonchev–Trinajstić information content (AvgIpc) is 3.15. The van der Waals surface area contributed by atoms with E-state index >= 15 is 0 Å². The monoisotopic (exact) mass is 375 g/mol. The summed E-state index contributed by atoms with van der Waals surface area (Å²) in [5.41, 5.74) is 3.65. The van der Waals surface area contributed by atoms with Crippen molar-refractivity contribution in [2.45, 2.75) is 11.6 Å². The van der Waals surface area contributed by atoms with Crippen molar-refractivity contribution in [1.82, 2.24) is 14.6 Å². The highest BCUT2D eigenvalue weighted by Gasteiger charge is 2.09. The Kier molecular flexibility index (Phi) is 5.16. The van der Waals surface area contributed by atoms with Gasteiger partial charge in [-0.3, -0.25) is 4.79 Å². The fraction of sp³-hybridized carbons (Fsp3) is 0.0952. The van der Waals surface area contributed by atoms with Crippen molar-refractivity contribution in [3.8, 4) is 11.3 Å². The fourth-order valence-corrected chi connectivity index (χ4v) is 3.26. The Balaban J connectivity index is 1.38. The van der Waals surface area contributed by atoms with Crippen molar-refractivity contribution >= 4 is 23.4 Å². The maximum atomic E-state index is 12.0. The number of ether oxygens (including phenoxy) is 1. The van der Waals surface area contributed by atoms with Crippen LogP contribution in [0.2, 0.25) is 0 Å². The molecule has 0 N–H and O–H groups in total. The summed E-state index contributed by atoms with van der Waals surface area (Å²) in [6, 6.07) is 23.4. The van der Waals surface area contributed by atoms with Crippen LogP contribution in [-0.2, 0) is 16.1 Å². The lowest BCUT2D eigenvalue weighted by molar-refractivity contribution is -0.141. The van der Waals surface area contributed by atoms with Gasteiger partial charge in [0.1, 0.15) is 11.6 Å². The Labute approximate surface area is 161 Å². The zero-order valence-electron chi connectivity index (χ0n) is 14.5. The first-order chi connectivity index (χ1) is 13.3. The number of hydrogen-bond donors (Lipinski definition) is 0. The van der Waals surface area contributed by atoms with Gasteiger partial charge < -0.3 is 4.74 Å². The number of carbonyl (C=O) groups is 1. The fourth-order valence-electron chi connectivity index (χ4n) is 2.60. The number of nitrogens with zero attached hydrogens (tertiary/aromatic N) is 3. The van der Waals surface area contributed by atoms with Crippen molar-refractivity contribution in [3.05, 3.63) is 84.6 Å². The van der Waals surface area contributed by atoms with Crippen LogP contribution in [0.15, 0.2) is 84.0 Å². The minimum atomic E-state index is -0.263. The van der Waals surface area contributed by atoms with Crippen molar-refractivity contribution in [2.24, 2.45) is 0 Å². The van der Waals surface area contributed by atoms with Crippen LogP contribution in [0.3, 0.4) is 0 Å². The van der Waals surface area contributed by atoms with Gasteiger partial charge in [-0.25, -0.2) is 9.50 Å². The number of fused-ring (bicyclic) bond motifs is 1. The second-order valence-corrected chi connectivity index (χ2v) is 6.90. The Morgan fingerprint density at radius 3 is 2.48 bits per heavy atom. The van der Waals surface area contributed by atoms with Gasteiger partial charge in [-0.1, -0.05) is 72.4 Å². The van der Waals surface area contributed by atoms with E-state index in [-0.39, 0.29) is 18.3 Å². The third-order valence-electron chi connectivity index (χ3n) is 3.95. The molecular formula is C21H17N3O2S. The van der Waals surface area contributed by atoms with Crippen molar-refractivity contribution in [1.29, 1.82) is 0 Å². The standard InChI is InChI=1S/C21H17N3O2S/c25-21(26-14-16-7-3-1-4-8-16)15-27-20-12-11-19-22-18(13-24(19)23-20)17-9-5-2-6-10-17/h1-13H,14-15H2. The molecule has 0 spiro atoms. The quantitative estimate of drug-likeness (QED) is 0.373. The van der Waals surface area contributed by atoms with E-state index in [0.29, 0.717) is 0 Å². The van der Waals surface area contributed by atoms with Gasteiger partial charge >= 0.3 is 5.97 Å². The first-order valence-corrected chi connectivity index (χ1v) is 9.51. The van der Waals surface area contributed by atoms with Crippen LogP contribution in [-0.4, -0.2) is 26.3 Å². The van der Waals surface area contributed by atoms with Crippen LogP contribution >= 0.6 is 11.8 Å². The first kappa shape index (κ1) is 17.3. The van der Waals surface area contributed by atoms with Gasteiger partial charge in [0.05, 0.1) is 17.6 Å². The number of esters is 1. The molecule has 0 fully saturated rings. The van der Waals surface area contributed by atoms with E-state index in [1.54, 1.807) is 4.52 Å². The Bertz CT molecular complexity index is 1050. The van der Waals surface area contributed by atoms with Gasteiger partial charge in [0, 0.05) is 5.56 Å². The normalized spacial score (nSPS) is 10.8. The highest BCUT2D eigenvalue weighted by atomic mass is 32.2. The number of hydrogen-bond acceptors (Lipinski definition) is 5. The third kappa shape index (κ3) is 4.35. The Morgan fingerprint density at radius 2 is 1.70 bits per heavy atom. The number of thioether (sulfide) groups is 1. The van der Waals surface area contributed by atoms with Gasteiger partial charge in [0.25, 0.3) is 0 Å². The summed E-state index contributed by atoms with van der Waals surface area (Å²) >= 11 is 1.35. The summed E-state index contributed by atoms with van der Waals surface area (Å²) in [6.45, 7) is 0.286. The van der Waals surface area contributed by atoms with E-state index in [2.05, 4.69) is 10.1 Å². The highest BCUT2D eigenvalue weighted by molar-refractivity contribution is 7.99. The number of aromatic nitrogens is 3. The van der Waals surface area contributed by atoms with Gasteiger partial charge in [-0.2, -0.15) is 5.10 Å². The lowest BCUT2D eigenvalue weighted by Crippen LogP contribution is -2.07. The maximum Gasteiger partial charge on any atom is 0.316 e. The molecule has 0 aliphatic carbocycles. The summed E-state index contributed by atoms with van der Waals surface area (Å²) in [5, 5.41) is 5.27. The van der Waals surface area contributed by atoms with E-state index in [1.165, 1.54) is 11.8 Å². The number of carbonyl (C=O) groups excluding carboxylic acids is 1. The van der Waals surface area contributed by atoms with Gasteiger partial charge in [0.15, 0.2) is 5.65 Å². The molecule has 4 aromatic rings. The molecule has 4 rings (SSSR count). The molecule has 2 aromatic heterocycles. The smallest absolute Gasteiger partial charge is 0.316 e. The average molecular weight is 375 g/mol. The molecule has 0 radical (unpaired) electrons. The molecule has 0 bridgehead atoms. The highest BCUT2D eigenvalue weighted by Crippen LogP contribution is 2.21. The van der Waals surface area contributed by atoms with E-state index in [0.717, 1.165) is 27.5 Å². The number of benzene rings is 2. The van der Waals surface area contributed by atoms with E-state index in [4.69, 9.17) is 4.74 Å². The third-order valence-corrected chi connectivity index (χ3v) is 4.84. The molecule has 0 amide bonds. The van der Waals surface area contributed by atoms with Gasteiger partial charge in [0.2, 0.25) is 0 Å². The molecule has 0 unspecified atom stereocenters. The summed E-state index contributed by atoms with van der Waals surface area (Å²) in [5.74, 6) is -0.0488. The van der Waals surface area contributed by atoms with Crippen molar-refractivity contribution < 1.29 is 9.53 Å². The lowest BCUT2D eigenvalue weighted by atomic mass is 10.2. The Morgan fingerprint density at radius 1 is 0.963 bits per heavy atom. The van der Waals surface area contributed by atoms with E-state index in [1.807, 2.05) is 79.0 Å². The summed E-state index contributed by atoms with van der Waals surface area (Å²) in [6.07, 6.45) is 1.89. The zero-order chi connectivity index (χ0) is 18.5. The molecule has 0 saturated heterocycles. The molecule has 27 heavy (non-hydrogen) atoms. The number of imidazole rings is 1. The van der Waals surface area contributed by atoms with Crippen molar-refractivity contribution in [3.63, 3.8) is 0 Å². The molecule has 6 heteroatoms. The molecule has 2 aromatic carbocycles. The van der Waals surface area contributed by atoms with E-state index < -0.39 is 0 Å². The largest absolute Gasteiger partial charge is 0.460 e. The predicted molar refractivity (Wildman–Crippen MR) is 105 cm³/mol. The topological polar surface area (TPSA) is 56.5 Å². The van der Waals surface area contributed by atoms with Crippen molar-refractivity contribution in [2.75, 3.05) is 5.75 Å². The predicted octanol–water partition coefficient (Wildman–Crippen LogP) is 4.23. The summed E-state index contributed by atoms with van der Waals surface area (Å²) in [7, 11) is 0. The van der Waals surface area contributed by atoms with Crippen LogP contribution < -0.4 is 0 Å². The second kappa shape index (κ2) is 8.05. The number of rotatable bonds is 6. The van der Waals surface area contributed by atoms with Crippen LogP contribution in [0.4, 0.5) is 0 Å². The lowest BCUT2D eigenvalue weighted by Gasteiger charge is -2.04. The summed E-state index contributed by atoms with van der Waals surface area (Å²) in [4.78, 5) is 16.5. The zero-order valence-corrected chi connectivity index (χ0v) is 15.3. The van der Waals surface area contributed by atoms with Crippen LogP contribution in [0.25, 0.3) is 16.9 Å². The second-order valence-electron chi connectivity index (χ2n) is 5.90. The molecule has 0 aliphatic rings. The molecular weight excluding hydrogens is 358 g/mol. The van der Waals surface area contributed by atoms with Crippen LogP contribution in [0.1, 0.15) is 5.56 Å².